The summed E-state index contributed by atoms with van der Waals surface area (Å²) in [4.78, 5) is 3.98. The predicted octanol–water partition coefficient (Wildman–Crippen LogP) is 1.66. The van der Waals surface area contributed by atoms with Crippen LogP contribution in [0.2, 0.25) is 0 Å². The van der Waals surface area contributed by atoms with Crippen LogP contribution in [0.5, 0.6) is 0 Å². The van der Waals surface area contributed by atoms with Crippen LogP contribution in [0.25, 0.3) is 10.9 Å². The number of hydrogen-bond donors (Lipinski definition) is 2. The smallest absolute Gasteiger partial charge is 0.149 e. The van der Waals surface area contributed by atoms with E-state index in [-0.39, 0.29) is 5.82 Å². The fourth-order valence-electron chi connectivity index (χ4n) is 1.19. The van der Waals surface area contributed by atoms with Crippen molar-refractivity contribution in [3.8, 4) is 0 Å². The Balaban J connectivity index is 2.74. The summed E-state index contributed by atoms with van der Waals surface area (Å²) < 4.78 is 13.2. The molecule has 0 atom stereocenters. The number of rotatable bonds is 1. The van der Waals surface area contributed by atoms with Crippen molar-refractivity contribution in [3.05, 3.63) is 36.1 Å². The van der Waals surface area contributed by atoms with E-state index in [1.54, 1.807) is 24.3 Å². The van der Waals surface area contributed by atoms with Gasteiger partial charge in [-0.05, 0) is 18.2 Å². The van der Waals surface area contributed by atoms with Gasteiger partial charge in [-0.25, -0.2) is 15.2 Å². The SMILES string of the molecule is NNc1ccc2cccc(F)c2n1. The van der Waals surface area contributed by atoms with E-state index in [0.717, 1.165) is 5.39 Å². The molecule has 2 rings (SSSR count). The Labute approximate surface area is 74.4 Å². The van der Waals surface area contributed by atoms with Gasteiger partial charge in [0.05, 0.1) is 0 Å². The van der Waals surface area contributed by atoms with E-state index in [1.807, 2.05) is 0 Å². The lowest BCUT2D eigenvalue weighted by Gasteiger charge is -2.01. The number of halogens is 1. The van der Waals surface area contributed by atoms with E-state index in [4.69, 9.17) is 5.84 Å². The largest absolute Gasteiger partial charge is 0.308 e. The zero-order valence-electron chi connectivity index (χ0n) is 6.79. The molecule has 66 valence electrons. The molecular weight excluding hydrogens is 169 g/mol. The number of fused-ring (bicyclic) bond motifs is 1. The zero-order valence-corrected chi connectivity index (χ0v) is 6.79. The molecule has 0 amide bonds. The highest BCUT2D eigenvalue weighted by Crippen LogP contribution is 2.17. The number of nitrogens with zero attached hydrogens (tertiary/aromatic N) is 1. The normalized spacial score (nSPS) is 10.3. The van der Waals surface area contributed by atoms with Gasteiger partial charge in [-0.3, -0.25) is 0 Å². The quantitative estimate of drug-likeness (QED) is 0.514. The van der Waals surface area contributed by atoms with Crippen LogP contribution in [0.15, 0.2) is 30.3 Å². The maximum absolute atomic E-state index is 13.2. The number of nitrogen functional groups attached to an aromatic ring is 1. The molecule has 13 heavy (non-hydrogen) atoms. The molecule has 4 heteroatoms. The van der Waals surface area contributed by atoms with E-state index in [1.165, 1.54) is 6.07 Å². The minimum Gasteiger partial charge on any atom is -0.308 e. The number of pyridine rings is 1. The summed E-state index contributed by atoms with van der Waals surface area (Å²) in [5, 5.41) is 0.763. The number of anilines is 1. The van der Waals surface area contributed by atoms with Crippen LogP contribution in [0.1, 0.15) is 0 Å². The second-order valence-electron chi connectivity index (χ2n) is 2.65. The third kappa shape index (κ3) is 1.31. The Morgan fingerprint density at radius 2 is 2.08 bits per heavy atom. The molecule has 0 radical (unpaired) electrons. The van der Waals surface area contributed by atoms with Crippen molar-refractivity contribution in [2.24, 2.45) is 5.84 Å². The van der Waals surface area contributed by atoms with E-state index in [2.05, 4.69) is 10.4 Å². The van der Waals surface area contributed by atoms with Gasteiger partial charge >= 0.3 is 0 Å². The summed E-state index contributed by atoms with van der Waals surface area (Å²) in [6, 6.07) is 8.28. The molecule has 2 aromatic rings. The number of nitrogens with two attached hydrogens (primary N) is 1. The van der Waals surface area contributed by atoms with Crippen LogP contribution >= 0.6 is 0 Å². The van der Waals surface area contributed by atoms with Gasteiger partial charge in [0.25, 0.3) is 0 Å². The van der Waals surface area contributed by atoms with Gasteiger partial charge in [-0.1, -0.05) is 12.1 Å². The Morgan fingerprint density at radius 1 is 1.23 bits per heavy atom. The summed E-state index contributed by atoms with van der Waals surface area (Å²) in [6.45, 7) is 0. The molecule has 0 aliphatic heterocycles. The topological polar surface area (TPSA) is 50.9 Å². The highest BCUT2D eigenvalue weighted by Gasteiger charge is 2.01. The van der Waals surface area contributed by atoms with Gasteiger partial charge in [0.1, 0.15) is 17.2 Å². The first kappa shape index (κ1) is 7.94. The standard InChI is InChI=1S/C9H8FN3/c10-7-3-1-2-6-4-5-8(13-11)12-9(6)7/h1-5H,11H2,(H,12,13). The molecule has 0 saturated heterocycles. The molecule has 1 heterocycles. The van der Waals surface area contributed by atoms with Crippen molar-refractivity contribution in [2.75, 3.05) is 5.43 Å². The molecule has 0 bridgehead atoms. The molecule has 0 unspecified atom stereocenters. The second-order valence-corrected chi connectivity index (χ2v) is 2.65. The lowest BCUT2D eigenvalue weighted by Crippen LogP contribution is -2.08. The minimum absolute atomic E-state index is 0.331. The first-order valence-electron chi connectivity index (χ1n) is 3.83. The Morgan fingerprint density at radius 3 is 2.85 bits per heavy atom. The summed E-state index contributed by atoms with van der Waals surface area (Å²) in [5.41, 5.74) is 2.70. The molecule has 0 aliphatic carbocycles. The molecule has 3 nitrogen and oxygen atoms in total. The third-order valence-corrected chi connectivity index (χ3v) is 1.82. The van der Waals surface area contributed by atoms with Crippen LogP contribution in [0, 0.1) is 5.82 Å². The van der Waals surface area contributed by atoms with Crippen LogP contribution in [-0.4, -0.2) is 4.98 Å². The average molecular weight is 177 g/mol. The van der Waals surface area contributed by atoms with Crippen LogP contribution in [-0.2, 0) is 0 Å². The van der Waals surface area contributed by atoms with Gasteiger partial charge in [0.2, 0.25) is 0 Å². The van der Waals surface area contributed by atoms with Crippen molar-refractivity contribution >= 4 is 16.7 Å². The molecule has 1 aromatic heterocycles. The minimum atomic E-state index is -0.338. The van der Waals surface area contributed by atoms with Gasteiger partial charge in [-0.2, -0.15) is 0 Å². The van der Waals surface area contributed by atoms with Crippen molar-refractivity contribution in [3.63, 3.8) is 0 Å². The second kappa shape index (κ2) is 2.99. The Bertz CT molecular complexity index is 442. The van der Waals surface area contributed by atoms with Crippen LogP contribution < -0.4 is 11.3 Å². The van der Waals surface area contributed by atoms with Crippen molar-refractivity contribution in [1.82, 2.24) is 4.98 Å². The summed E-state index contributed by atoms with van der Waals surface area (Å²) in [5.74, 6) is 5.27. The van der Waals surface area contributed by atoms with Crippen molar-refractivity contribution in [1.29, 1.82) is 0 Å². The highest BCUT2D eigenvalue weighted by molar-refractivity contribution is 5.80. The van der Waals surface area contributed by atoms with E-state index < -0.39 is 0 Å². The molecular formula is C9H8FN3. The number of para-hydroxylation sites is 1. The maximum atomic E-state index is 13.2. The number of hydrogen-bond acceptors (Lipinski definition) is 3. The van der Waals surface area contributed by atoms with Gasteiger partial charge in [0.15, 0.2) is 0 Å². The number of aromatic nitrogens is 1. The first-order chi connectivity index (χ1) is 6.31. The Kier molecular flexibility index (Phi) is 1.83. The fourth-order valence-corrected chi connectivity index (χ4v) is 1.19. The van der Waals surface area contributed by atoms with Gasteiger partial charge < -0.3 is 5.43 Å². The molecule has 3 N–H and O–H groups in total. The van der Waals surface area contributed by atoms with E-state index in [9.17, 15) is 4.39 Å². The lowest BCUT2D eigenvalue weighted by atomic mass is 10.2. The van der Waals surface area contributed by atoms with E-state index in [0.29, 0.717) is 11.3 Å². The summed E-state index contributed by atoms with van der Waals surface area (Å²) >= 11 is 0. The first-order valence-corrected chi connectivity index (χ1v) is 3.83. The zero-order chi connectivity index (χ0) is 9.26. The summed E-state index contributed by atoms with van der Waals surface area (Å²) in [7, 11) is 0. The molecule has 0 saturated carbocycles. The highest BCUT2D eigenvalue weighted by atomic mass is 19.1. The fraction of sp³-hybridized carbons (Fsp3) is 0. The van der Waals surface area contributed by atoms with Crippen LogP contribution in [0.4, 0.5) is 10.2 Å². The van der Waals surface area contributed by atoms with Gasteiger partial charge in [0, 0.05) is 5.39 Å². The van der Waals surface area contributed by atoms with Crippen LogP contribution in [0.3, 0.4) is 0 Å². The predicted molar refractivity (Wildman–Crippen MR) is 49.5 cm³/mol. The number of benzene rings is 1. The lowest BCUT2D eigenvalue weighted by molar-refractivity contribution is 0.637. The molecule has 1 aromatic carbocycles. The number of hydrazine groups is 1. The average Bonchev–Trinajstić information content (AvgIpc) is 2.18. The molecule has 0 spiro atoms. The molecule has 0 fully saturated rings. The van der Waals surface area contributed by atoms with Crippen molar-refractivity contribution in [2.45, 2.75) is 0 Å². The van der Waals surface area contributed by atoms with Gasteiger partial charge in [-0.15, -0.1) is 0 Å². The molecule has 0 aliphatic rings. The Hall–Kier alpha value is -1.68. The van der Waals surface area contributed by atoms with Crippen molar-refractivity contribution < 1.29 is 4.39 Å². The summed E-state index contributed by atoms with van der Waals surface area (Å²) in [6.07, 6.45) is 0. The number of nitrogens with one attached hydrogen (secondary N) is 1. The monoisotopic (exact) mass is 177 g/mol. The van der Waals surface area contributed by atoms with E-state index >= 15 is 0 Å². The maximum Gasteiger partial charge on any atom is 0.149 e. The third-order valence-electron chi connectivity index (χ3n) is 1.82.